The van der Waals surface area contributed by atoms with E-state index in [1.54, 1.807) is 6.07 Å². The summed E-state index contributed by atoms with van der Waals surface area (Å²) in [5.74, 6) is 5.74. The van der Waals surface area contributed by atoms with Crippen molar-refractivity contribution in [1.82, 2.24) is 0 Å². The third-order valence-electron chi connectivity index (χ3n) is 1.81. The van der Waals surface area contributed by atoms with Crippen molar-refractivity contribution >= 4 is 29.7 Å². The van der Waals surface area contributed by atoms with Gasteiger partial charge in [-0.15, -0.1) is 11.3 Å². The topological polar surface area (TPSA) is 38.7 Å². The van der Waals surface area contributed by atoms with Crippen molar-refractivity contribution in [1.29, 1.82) is 0 Å². The van der Waals surface area contributed by atoms with Crippen molar-refractivity contribution in [2.24, 2.45) is 10.4 Å². The molecule has 0 fully saturated rings. The van der Waals surface area contributed by atoms with E-state index in [0.717, 1.165) is 4.88 Å². The predicted molar refractivity (Wildman–Crippen MR) is 71.2 cm³/mol. The number of hydrogen-bond donors (Lipinski definition) is 0. The van der Waals surface area contributed by atoms with Crippen molar-refractivity contribution in [3.63, 3.8) is 0 Å². The standard InChI is InChI=1S/C13H15NO2S/c1-13(2,3)7-6-9-8-10(14-4)11(17-9)12(15)16-5/h8H,4H2,1-3,5H3. The lowest BCUT2D eigenvalue weighted by atomic mass is 9.98. The van der Waals surface area contributed by atoms with Crippen molar-refractivity contribution < 1.29 is 9.53 Å². The second-order valence-corrected chi connectivity index (χ2v) is 5.53. The van der Waals surface area contributed by atoms with E-state index >= 15 is 0 Å². The van der Waals surface area contributed by atoms with Crippen molar-refractivity contribution in [3.05, 3.63) is 15.8 Å². The number of methoxy groups -OCH3 is 1. The molecule has 0 amide bonds. The zero-order valence-corrected chi connectivity index (χ0v) is 11.3. The van der Waals surface area contributed by atoms with E-state index in [-0.39, 0.29) is 5.41 Å². The Morgan fingerprint density at radius 1 is 1.53 bits per heavy atom. The second kappa shape index (κ2) is 5.15. The molecule has 17 heavy (non-hydrogen) atoms. The molecule has 1 heterocycles. The van der Waals surface area contributed by atoms with Gasteiger partial charge in [0, 0.05) is 5.41 Å². The molecule has 0 aliphatic heterocycles. The molecule has 0 aliphatic rings. The number of ether oxygens (including phenoxy) is 1. The SMILES string of the molecule is C=Nc1cc(C#CC(C)(C)C)sc1C(=O)OC. The Bertz CT molecular complexity index is 498. The number of carbonyl (C=O) groups is 1. The minimum atomic E-state index is -0.402. The van der Waals surface area contributed by atoms with E-state index in [9.17, 15) is 4.79 Å². The Morgan fingerprint density at radius 3 is 2.65 bits per heavy atom. The number of rotatable bonds is 2. The van der Waals surface area contributed by atoms with Gasteiger partial charge >= 0.3 is 5.97 Å². The lowest BCUT2D eigenvalue weighted by Crippen LogP contribution is -1.99. The van der Waals surface area contributed by atoms with E-state index in [1.165, 1.54) is 18.4 Å². The number of esters is 1. The number of hydrogen-bond acceptors (Lipinski definition) is 4. The number of thiophene rings is 1. The van der Waals surface area contributed by atoms with Crippen LogP contribution in [0.25, 0.3) is 0 Å². The van der Waals surface area contributed by atoms with Gasteiger partial charge in [-0.1, -0.05) is 11.8 Å². The minimum absolute atomic E-state index is 0.0722. The van der Waals surface area contributed by atoms with Crippen LogP contribution < -0.4 is 0 Å². The highest BCUT2D eigenvalue weighted by Gasteiger charge is 2.15. The first-order chi connectivity index (χ1) is 7.87. The molecule has 1 aromatic rings. The minimum Gasteiger partial charge on any atom is -0.465 e. The van der Waals surface area contributed by atoms with Crippen LogP contribution in [0.1, 0.15) is 35.3 Å². The molecule has 0 saturated heterocycles. The Hall–Kier alpha value is -1.60. The fourth-order valence-electron chi connectivity index (χ4n) is 1.05. The Kier molecular flexibility index (Phi) is 4.08. The molecule has 0 unspecified atom stereocenters. The molecule has 0 aliphatic carbocycles. The zero-order chi connectivity index (χ0) is 13.1. The van der Waals surface area contributed by atoms with Crippen molar-refractivity contribution in [3.8, 4) is 11.8 Å². The summed E-state index contributed by atoms with van der Waals surface area (Å²) in [4.78, 5) is 16.5. The maximum absolute atomic E-state index is 11.5. The van der Waals surface area contributed by atoms with Crippen LogP contribution in [-0.4, -0.2) is 19.8 Å². The van der Waals surface area contributed by atoms with Crippen LogP contribution in [0, 0.1) is 17.3 Å². The quantitative estimate of drug-likeness (QED) is 0.458. The molecule has 0 saturated carbocycles. The van der Waals surface area contributed by atoms with Crippen LogP contribution in [0.3, 0.4) is 0 Å². The highest BCUT2D eigenvalue weighted by Crippen LogP contribution is 2.29. The fourth-order valence-corrected chi connectivity index (χ4v) is 1.94. The average Bonchev–Trinajstić information content (AvgIpc) is 2.67. The van der Waals surface area contributed by atoms with Crippen molar-refractivity contribution in [2.75, 3.05) is 7.11 Å². The maximum atomic E-state index is 11.5. The average molecular weight is 249 g/mol. The Morgan fingerprint density at radius 2 is 2.18 bits per heavy atom. The van der Waals surface area contributed by atoms with Gasteiger partial charge < -0.3 is 4.74 Å². The molecule has 1 rings (SSSR count). The zero-order valence-electron chi connectivity index (χ0n) is 10.5. The van der Waals surface area contributed by atoms with Gasteiger partial charge in [0.1, 0.15) is 4.88 Å². The summed E-state index contributed by atoms with van der Waals surface area (Å²) in [6, 6.07) is 1.75. The first-order valence-corrected chi connectivity index (χ1v) is 5.91. The molecule has 3 nitrogen and oxygen atoms in total. The van der Waals surface area contributed by atoms with Gasteiger partial charge in [-0.05, 0) is 33.6 Å². The highest BCUT2D eigenvalue weighted by molar-refractivity contribution is 7.15. The molecule has 0 aromatic carbocycles. The second-order valence-electron chi connectivity index (χ2n) is 4.47. The van der Waals surface area contributed by atoms with E-state index in [1.807, 2.05) is 20.8 Å². The molecule has 0 atom stereocenters. The van der Waals surface area contributed by atoms with Gasteiger partial charge in [0.25, 0.3) is 0 Å². The summed E-state index contributed by atoms with van der Waals surface area (Å²) in [6.45, 7) is 9.52. The van der Waals surface area contributed by atoms with Crippen LogP contribution in [0.2, 0.25) is 0 Å². The summed E-state index contributed by atoms with van der Waals surface area (Å²) in [6.07, 6.45) is 0. The van der Waals surface area contributed by atoms with Crippen LogP contribution in [0.4, 0.5) is 5.69 Å². The molecule has 0 bridgehead atoms. The monoisotopic (exact) mass is 249 g/mol. The van der Waals surface area contributed by atoms with E-state index in [0.29, 0.717) is 10.6 Å². The fraction of sp³-hybridized carbons (Fsp3) is 0.385. The lowest BCUT2D eigenvalue weighted by molar-refractivity contribution is 0.0607. The maximum Gasteiger partial charge on any atom is 0.350 e. The lowest BCUT2D eigenvalue weighted by Gasteiger charge is -2.06. The summed E-state index contributed by atoms with van der Waals surface area (Å²) < 4.78 is 4.67. The smallest absolute Gasteiger partial charge is 0.350 e. The summed E-state index contributed by atoms with van der Waals surface area (Å²) in [7, 11) is 1.34. The van der Waals surface area contributed by atoms with Crippen LogP contribution in [0.15, 0.2) is 11.1 Å². The van der Waals surface area contributed by atoms with Gasteiger partial charge in [-0.3, -0.25) is 4.99 Å². The number of nitrogens with zero attached hydrogens (tertiary/aromatic N) is 1. The molecule has 0 radical (unpaired) electrons. The highest BCUT2D eigenvalue weighted by atomic mass is 32.1. The third kappa shape index (κ3) is 3.72. The van der Waals surface area contributed by atoms with Gasteiger partial charge in [-0.2, -0.15) is 0 Å². The number of carbonyl (C=O) groups excluding carboxylic acids is 1. The normalized spacial score (nSPS) is 10.4. The number of aliphatic imine (C=N–C) groups is 1. The van der Waals surface area contributed by atoms with Crippen LogP contribution in [0.5, 0.6) is 0 Å². The Balaban J connectivity index is 3.12. The summed E-state index contributed by atoms with van der Waals surface area (Å²) in [5, 5.41) is 0. The predicted octanol–water partition coefficient (Wildman–Crippen LogP) is 3.26. The third-order valence-corrected chi connectivity index (χ3v) is 2.83. The summed E-state index contributed by atoms with van der Waals surface area (Å²) >= 11 is 1.28. The molecule has 90 valence electrons. The van der Waals surface area contributed by atoms with E-state index < -0.39 is 5.97 Å². The van der Waals surface area contributed by atoms with Gasteiger partial charge in [-0.25, -0.2) is 4.79 Å². The molecular formula is C13H15NO2S. The van der Waals surface area contributed by atoms with Crippen LogP contribution in [-0.2, 0) is 4.74 Å². The van der Waals surface area contributed by atoms with Gasteiger partial charge in [0.15, 0.2) is 0 Å². The van der Waals surface area contributed by atoms with Gasteiger partial charge in [0.2, 0.25) is 0 Å². The molecule has 4 heteroatoms. The largest absolute Gasteiger partial charge is 0.465 e. The summed E-state index contributed by atoms with van der Waals surface area (Å²) in [5.41, 5.74) is 0.456. The van der Waals surface area contributed by atoms with E-state index in [4.69, 9.17) is 0 Å². The molecular weight excluding hydrogens is 234 g/mol. The van der Waals surface area contributed by atoms with Crippen molar-refractivity contribution in [2.45, 2.75) is 20.8 Å². The first kappa shape index (κ1) is 13.5. The first-order valence-electron chi connectivity index (χ1n) is 5.09. The Labute approximate surface area is 106 Å². The molecule has 1 aromatic heterocycles. The van der Waals surface area contributed by atoms with Gasteiger partial charge in [0.05, 0.1) is 17.7 Å². The molecule has 0 N–H and O–H groups in total. The van der Waals surface area contributed by atoms with E-state index in [2.05, 4.69) is 28.3 Å². The molecule has 0 spiro atoms. The van der Waals surface area contributed by atoms with Crippen LogP contribution >= 0.6 is 11.3 Å².